The molecule has 1 N–H and O–H groups in total. The predicted octanol–water partition coefficient (Wildman–Crippen LogP) is 4.88. The van der Waals surface area contributed by atoms with Crippen LogP contribution >= 0.6 is 0 Å². The zero-order valence-corrected chi connectivity index (χ0v) is 23.7. The van der Waals surface area contributed by atoms with Crippen LogP contribution in [0.2, 0.25) is 0 Å². The van der Waals surface area contributed by atoms with Crippen LogP contribution in [-0.4, -0.2) is 90.5 Å². The van der Waals surface area contributed by atoms with Gasteiger partial charge in [-0.15, -0.1) is 0 Å². The zero-order chi connectivity index (χ0) is 26.0. The molecule has 2 aliphatic carbocycles. The number of epoxide rings is 2. The molecule has 36 heavy (non-hydrogen) atoms. The Balaban J connectivity index is 0.000000213. The van der Waals surface area contributed by atoms with Gasteiger partial charge in [0.2, 0.25) is 0 Å². The average molecular weight is 517 g/mol. The smallest absolute Gasteiger partial charge is 0.104 e. The van der Waals surface area contributed by atoms with E-state index in [1.54, 1.807) is 14.2 Å². The molecular weight excluding hydrogens is 460 g/mol. The van der Waals surface area contributed by atoms with Crippen molar-refractivity contribution < 1.29 is 33.5 Å². The van der Waals surface area contributed by atoms with Gasteiger partial charge in [0.15, 0.2) is 0 Å². The Morgan fingerprint density at radius 3 is 1.39 bits per heavy atom. The molecule has 2 saturated carbocycles. The maximum absolute atomic E-state index is 9.36. The lowest BCUT2D eigenvalue weighted by atomic mass is 9.83. The van der Waals surface area contributed by atoms with Crippen LogP contribution in [0.1, 0.15) is 78.1 Å². The molecule has 0 spiro atoms. The zero-order valence-electron chi connectivity index (χ0n) is 23.7. The van der Waals surface area contributed by atoms with Gasteiger partial charge in [-0.05, 0) is 87.9 Å². The number of hydrogen-bond donors (Lipinski definition) is 1. The van der Waals surface area contributed by atoms with E-state index in [0.717, 1.165) is 70.4 Å². The summed E-state index contributed by atoms with van der Waals surface area (Å²) in [7, 11) is 3.58. The first-order valence-electron chi connectivity index (χ1n) is 14.6. The Bertz CT molecular complexity index is 496. The van der Waals surface area contributed by atoms with Crippen LogP contribution in [0.15, 0.2) is 0 Å². The van der Waals surface area contributed by atoms with Gasteiger partial charge >= 0.3 is 0 Å². The number of aliphatic hydroxyl groups excluding tert-OH is 1. The summed E-state index contributed by atoms with van der Waals surface area (Å²) in [5.74, 6) is 3.01. The van der Waals surface area contributed by atoms with Crippen LogP contribution in [0.25, 0.3) is 0 Å². The second-order valence-corrected chi connectivity index (χ2v) is 11.1. The fourth-order valence-electron chi connectivity index (χ4n) is 4.92. The number of methoxy groups -OCH3 is 2. The Hall–Kier alpha value is -0.280. The van der Waals surface area contributed by atoms with Gasteiger partial charge in [-0.3, -0.25) is 0 Å². The van der Waals surface area contributed by atoms with Crippen molar-refractivity contribution in [2.45, 2.75) is 96.4 Å². The van der Waals surface area contributed by atoms with Crippen molar-refractivity contribution in [3.63, 3.8) is 0 Å². The normalized spacial score (nSPS) is 31.9. The van der Waals surface area contributed by atoms with E-state index < -0.39 is 0 Å². The minimum atomic E-state index is -0.287. The molecule has 4 rings (SSSR count). The molecular formula is C29H56O7. The van der Waals surface area contributed by atoms with Crippen LogP contribution in [0, 0.1) is 23.7 Å². The molecule has 0 aromatic rings. The Morgan fingerprint density at radius 1 is 0.639 bits per heavy atom. The van der Waals surface area contributed by atoms with E-state index in [1.165, 1.54) is 57.8 Å². The molecule has 3 atom stereocenters. The second kappa shape index (κ2) is 19.7. The molecule has 0 bridgehead atoms. The van der Waals surface area contributed by atoms with E-state index >= 15 is 0 Å². The summed E-state index contributed by atoms with van der Waals surface area (Å²) in [6.45, 7) is 10.9. The molecule has 0 radical (unpaired) electrons. The number of rotatable bonds is 14. The van der Waals surface area contributed by atoms with Crippen LogP contribution in [0.5, 0.6) is 0 Å². The van der Waals surface area contributed by atoms with Crippen LogP contribution in [-0.2, 0) is 28.4 Å². The Labute approximate surface area is 220 Å². The summed E-state index contributed by atoms with van der Waals surface area (Å²) in [5, 5.41) is 9.36. The lowest BCUT2D eigenvalue weighted by Gasteiger charge is -2.28. The van der Waals surface area contributed by atoms with Crippen molar-refractivity contribution in [2.24, 2.45) is 23.7 Å². The van der Waals surface area contributed by atoms with Gasteiger partial charge in [0.25, 0.3) is 0 Å². The van der Waals surface area contributed by atoms with Crippen molar-refractivity contribution in [1.82, 2.24) is 0 Å². The highest BCUT2D eigenvalue weighted by molar-refractivity contribution is 4.74. The first kappa shape index (κ1) is 31.9. The van der Waals surface area contributed by atoms with Gasteiger partial charge in [0.1, 0.15) is 6.10 Å². The van der Waals surface area contributed by atoms with Gasteiger partial charge in [0, 0.05) is 40.6 Å². The summed E-state index contributed by atoms with van der Waals surface area (Å²) in [6.07, 6.45) is 13.0. The third kappa shape index (κ3) is 15.9. The molecule has 2 saturated heterocycles. The molecule has 7 nitrogen and oxygen atoms in total. The van der Waals surface area contributed by atoms with Crippen molar-refractivity contribution in [1.29, 1.82) is 0 Å². The molecule has 2 aliphatic heterocycles. The maximum atomic E-state index is 9.36. The SMILES string of the molecule is CCC(O)COCC1CCC(COC)CC1.CCC1CO1.COCC1CCC(COCC2CO2)CC1. The monoisotopic (exact) mass is 516 g/mol. The lowest BCUT2D eigenvalue weighted by Crippen LogP contribution is -2.23. The Kier molecular flexibility index (Phi) is 17.5. The summed E-state index contributed by atoms with van der Waals surface area (Å²) in [4.78, 5) is 0. The quantitative estimate of drug-likeness (QED) is 0.330. The third-order valence-corrected chi connectivity index (χ3v) is 7.79. The summed E-state index contributed by atoms with van der Waals surface area (Å²) in [5.41, 5.74) is 0. The molecule has 4 aliphatic rings. The van der Waals surface area contributed by atoms with E-state index in [9.17, 15) is 5.11 Å². The Morgan fingerprint density at radius 2 is 1.06 bits per heavy atom. The number of ether oxygens (including phenoxy) is 6. The lowest BCUT2D eigenvalue weighted by molar-refractivity contribution is 0.00847. The first-order chi connectivity index (χ1) is 17.6. The topological polar surface area (TPSA) is 82.2 Å². The second-order valence-electron chi connectivity index (χ2n) is 11.1. The first-order valence-corrected chi connectivity index (χ1v) is 14.6. The average Bonchev–Trinajstić information content (AvgIpc) is 3.82. The summed E-state index contributed by atoms with van der Waals surface area (Å²) in [6, 6.07) is 0. The van der Waals surface area contributed by atoms with Crippen LogP contribution in [0.3, 0.4) is 0 Å². The molecule has 214 valence electrons. The van der Waals surface area contributed by atoms with Gasteiger partial charge in [-0.2, -0.15) is 0 Å². The van der Waals surface area contributed by atoms with Crippen molar-refractivity contribution in [3.05, 3.63) is 0 Å². The van der Waals surface area contributed by atoms with Gasteiger partial charge < -0.3 is 33.5 Å². The molecule has 0 aromatic heterocycles. The fourth-order valence-corrected chi connectivity index (χ4v) is 4.92. The van der Waals surface area contributed by atoms with Crippen molar-refractivity contribution in [2.75, 3.05) is 67.1 Å². The minimum Gasteiger partial charge on any atom is -0.391 e. The van der Waals surface area contributed by atoms with Crippen molar-refractivity contribution in [3.8, 4) is 0 Å². The number of aliphatic hydroxyl groups is 1. The largest absolute Gasteiger partial charge is 0.391 e. The van der Waals surface area contributed by atoms with Crippen molar-refractivity contribution >= 4 is 0 Å². The van der Waals surface area contributed by atoms with Crippen LogP contribution < -0.4 is 0 Å². The van der Waals surface area contributed by atoms with Gasteiger partial charge in [-0.1, -0.05) is 13.8 Å². The van der Waals surface area contributed by atoms with E-state index in [2.05, 4.69) is 6.92 Å². The highest BCUT2D eigenvalue weighted by Crippen LogP contribution is 2.30. The van der Waals surface area contributed by atoms with E-state index in [-0.39, 0.29) is 6.10 Å². The molecule has 0 aromatic carbocycles. The summed E-state index contributed by atoms with van der Waals surface area (Å²) >= 11 is 0. The minimum absolute atomic E-state index is 0.287. The van der Waals surface area contributed by atoms with E-state index in [0.29, 0.717) is 24.7 Å². The van der Waals surface area contributed by atoms with E-state index in [4.69, 9.17) is 28.4 Å². The fraction of sp³-hybridized carbons (Fsp3) is 1.00. The third-order valence-electron chi connectivity index (χ3n) is 7.79. The number of hydrogen-bond acceptors (Lipinski definition) is 7. The highest BCUT2D eigenvalue weighted by Gasteiger charge is 2.25. The summed E-state index contributed by atoms with van der Waals surface area (Å²) < 4.78 is 31.5. The molecule has 3 unspecified atom stereocenters. The maximum Gasteiger partial charge on any atom is 0.104 e. The standard InChI is InChI=1S/C13H26O3.C12H22O3.C4H8O/c1-3-13(14)10-16-9-12-6-4-11(5-7-12)8-15-2;1-13-6-10-2-4-11(5-3-10)7-14-8-12-9-15-12;1-2-4-3-5-4/h11-14H,3-10H2,1-2H3;10-12H,2-9H2,1H3;4H,2-3H2,1H3. The highest BCUT2D eigenvalue weighted by atomic mass is 16.6. The molecule has 7 heteroatoms. The van der Waals surface area contributed by atoms with Gasteiger partial charge in [0.05, 0.1) is 38.6 Å². The predicted molar refractivity (Wildman–Crippen MR) is 142 cm³/mol. The van der Waals surface area contributed by atoms with E-state index in [1.807, 2.05) is 6.92 Å². The molecule has 2 heterocycles. The molecule has 0 amide bonds. The van der Waals surface area contributed by atoms with Gasteiger partial charge in [-0.25, -0.2) is 0 Å². The molecule has 4 fully saturated rings. The van der Waals surface area contributed by atoms with Crippen LogP contribution in [0.4, 0.5) is 0 Å².